The molecule has 0 aliphatic heterocycles. The topological polar surface area (TPSA) is 21.3 Å². The van der Waals surface area contributed by atoms with Gasteiger partial charge in [-0.25, -0.2) is 0 Å². The van der Waals surface area contributed by atoms with Crippen LogP contribution in [0, 0.1) is 11.8 Å². The maximum atomic E-state index is 5.49. The van der Waals surface area contributed by atoms with Gasteiger partial charge >= 0.3 is 0 Å². The second kappa shape index (κ2) is 5.07. The third-order valence-corrected chi connectivity index (χ3v) is 5.40. The van der Waals surface area contributed by atoms with Crippen molar-refractivity contribution in [3.63, 3.8) is 0 Å². The lowest BCUT2D eigenvalue weighted by atomic mass is 9.75. The second-order valence-corrected chi connectivity index (χ2v) is 6.97. The fourth-order valence-electron chi connectivity index (χ4n) is 3.85. The van der Waals surface area contributed by atoms with E-state index < -0.39 is 0 Å². The number of nitrogens with one attached hydrogen (secondary N) is 1. The highest BCUT2D eigenvalue weighted by Gasteiger charge is 2.44. The van der Waals surface area contributed by atoms with Crippen molar-refractivity contribution in [2.24, 2.45) is 11.8 Å². The summed E-state index contributed by atoms with van der Waals surface area (Å²) in [4.78, 5) is 0. The molecule has 108 valence electrons. The summed E-state index contributed by atoms with van der Waals surface area (Å²) in [5.41, 5.74) is 1.41. The van der Waals surface area contributed by atoms with Gasteiger partial charge in [0, 0.05) is 12.1 Å². The number of hydrogen-bond donors (Lipinski definition) is 1. The van der Waals surface area contributed by atoms with Gasteiger partial charge in [-0.3, -0.25) is 0 Å². The standard InChI is InChI=1S/C18H25NO/c1-20-17-5-3-2-4-16(17)14-10-15(11-14)19-18(12-6-7-12)13-8-9-13/h2-5,12-15,18-19H,6-11H2,1H3. The molecule has 0 saturated heterocycles. The van der Waals surface area contributed by atoms with Gasteiger partial charge in [0.15, 0.2) is 0 Å². The van der Waals surface area contributed by atoms with Gasteiger partial charge in [-0.15, -0.1) is 0 Å². The second-order valence-electron chi connectivity index (χ2n) is 6.97. The van der Waals surface area contributed by atoms with Crippen LogP contribution >= 0.6 is 0 Å². The molecule has 0 radical (unpaired) electrons. The lowest BCUT2D eigenvalue weighted by Gasteiger charge is -2.39. The van der Waals surface area contributed by atoms with Crippen molar-refractivity contribution in [1.29, 1.82) is 0 Å². The first-order valence-corrected chi connectivity index (χ1v) is 8.24. The van der Waals surface area contributed by atoms with Crippen molar-refractivity contribution in [3.8, 4) is 5.75 Å². The Morgan fingerprint density at radius 3 is 2.30 bits per heavy atom. The number of para-hydroxylation sites is 1. The van der Waals surface area contributed by atoms with Crippen LogP contribution < -0.4 is 10.1 Å². The molecule has 0 spiro atoms. The van der Waals surface area contributed by atoms with Crippen molar-refractivity contribution >= 4 is 0 Å². The molecule has 3 saturated carbocycles. The maximum absolute atomic E-state index is 5.49. The molecule has 2 heteroatoms. The largest absolute Gasteiger partial charge is 0.496 e. The Morgan fingerprint density at radius 2 is 1.70 bits per heavy atom. The van der Waals surface area contributed by atoms with Crippen LogP contribution in [0.2, 0.25) is 0 Å². The van der Waals surface area contributed by atoms with Gasteiger partial charge in [0.2, 0.25) is 0 Å². The molecular weight excluding hydrogens is 246 g/mol. The number of methoxy groups -OCH3 is 1. The van der Waals surface area contributed by atoms with Gasteiger partial charge in [0.25, 0.3) is 0 Å². The van der Waals surface area contributed by atoms with Gasteiger partial charge in [-0.1, -0.05) is 18.2 Å². The van der Waals surface area contributed by atoms with Crippen LogP contribution in [0.3, 0.4) is 0 Å². The Kier molecular flexibility index (Phi) is 3.22. The van der Waals surface area contributed by atoms with Crippen LogP contribution in [0.1, 0.15) is 50.0 Å². The molecule has 3 aliphatic carbocycles. The summed E-state index contributed by atoms with van der Waals surface area (Å²) in [5.74, 6) is 3.78. The lowest BCUT2D eigenvalue weighted by Crippen LogP contribution is -2.47. The van der Waals surface area contributed by atoms with E-state index in [0.29, 0.717) is 5.92 Å². The monoisotopic (exact) mass is 271 g/mol. The summed E-state index contributed by atoms with van der Waals surface area (Å²) in [6.07, 6.45) is 8.45. The van der Waals surface area contributed by atoms with Crippen LogP contribution in [0.4, 0.5) is 0 Å². The Hall–Kier alpha value is -1.02. The van der Waals surface area contributed by atoms with Crippen LogP contribution in [-0.2, 0) is 0 Å². The van der Waals surface area contributed by atoms with E-state index in [2.05, 4.69) is 29.6 Å². The van der Waals surface area contributed by atoms with E-state index >= 15 is 0 Å². The fourth-order valence-corrected chi connectivity index (χ4v) is 3.85. The summed E-state index contributed by atoms with van der Waals surface area (Å²) < 4.78 is 5.49. The van der Waals surface area contributed by atoms with Gasteiger partial charge < -0.3 is 10.1 Å². The van der Waals surface area contributed by atoms with Crippen LogP contribution in [-0.4, -0.2) is 19.2 Å². The van der Waals surface area contributed by atoms with E-state index in [0.717, 1.165) is 29.7 Å². The molecule has 0 aromatic heterocycles. The first kappa shape index (κ1) is 12.7. The zero-order valence-electron chi connectivity index (χ0n) is 12.3. The zero-order valence-corrected chi connectivity index (χ0v) is 12.3. The maximum Gasteiger partial charge on any atom is 0.122 e. The summed E-state index contributed by atoms with van der Waals surface area (Å²) in [6, 6.07) is 10.1. The molecule has 2 nitrogen and oxygen atoms in total. The summed E-state index contributed by atoms with van der Waals surface area (Å²) in [6.45, 7) is 0. The molecule has 0 heterocycles. The number of hydrogen-bond acceptors (Lipinski definition) is 2. The summed E-state index contributed by atoms with van der Waals surface area (Å²) >= 11 is 0. The van der Waals surface area contributed by atoms with E-state index in [9.17, 15) is 0 Å². The molecule has 0 atom stereocenters. The highest BCUT2D eigenvalue weighted by Crippen LogP contribution is 2.47. The number of ether oxygens (including phenoxy) is 1. The molecule has 3 fully saturated rings. The molecule has 3 aliphatic rings. The molecule has 20 heavy (non-hydrogen) atoms. The van der Waals surface area contributed by atoms with E-state index in [1.165, 1.54) is 44.1 Å². The predicted octanol–water partition coefficient (Wildman–Crippen LogP) is 3.72. The van der Waals surface area contributed by atoms with Crippen molar-refractivity contribution in [3.05, 3.63) is 29.8 Å². The molecule has 0 bridgehead atoms. The quantitative estimate of drug-likeness (QED) is 0.851. The predicted molar refractivity (Wildman–Crippen MR) is 81.1 cm³/mol. The molecule has 0 amide bonds. The van der Waals surface area contributed by atoms with Gasteiger partial charge in [-0.2, -0.15) is 0 Å². The Morgan fingerprint density at radius 1 is 1.05 bits per heavy atom. The molecular formula is C18H25NO. The first-order valence-electron chi connectivity index (χ1n) is 8.24. The first-order chi connectivity index (χ1) is 9.85. The SMILES string of the molecule is COc1ccccc1C1CC(NC(C2CC2)C2CC2)C1. The van der Waals surface area contributed by atoms with Crippen molar-refractivity contribution in [2.75, 3.05) is 7.11 Å². The summed E-state index contributed by atoms with van der Waals surface area (Å²) in [5, 5.41) is 3.97. The molecule has 4 rings (SSSR count). The zero-order chi connectivity index (χ0) is 13.5. The highest BCUT2D eigenvalue weighted by molar-refractivity contribution is 5.37. The van der Waals surface area contributed by atoms with Crippen LogP contribution in [0.25, 0.3) is 0 Å². The Labute approximate surface area is 121 Å². The minimum absolute atomic E-state index is 0.697. The van der Waals surface area contributed by atoms with Crippen molar-refractivity contribution in [1.82, 2.24) is 5.32 Å². The van der Waals surface area contributed by atoms with Crippen molar-refractivity contribution in [2.45, 2.75) is 56.5 Å². The third-order valence-electron chi connectivity index (χ3n) is 5.40. The lowest BCUT2D eigenvalue weighted by molar-refractivity contribution is 0.238. The fraction of sp³-hybridized carbons (Fsp3) is 0.667. The van der Waals surface area contributed by atoms with E-state index in [1.54, 1.807) is 7.11 Å². The van der Waals surface area contributed by atoms with E-state index in [4.69, 9.17) is 4.74 Å². The average Bonchev–Trinajstić information content (AvgIpc) is 3.30. The van der Waals surface area contributed by atoms with Gasteiger partial charge in [-0.05, 0) is 67.9 Å². The molecule has 1 N–H and O–H groups in total. The number of benzene rings is 1. The normalized spacial score (nSPS) is 29.3. The Balaban J connectivity index is 1.34. The van der Waals surface area contributed by atoms with E-state index in [1.807, 2.05) is 0 Å². The Bertz CT molecular complexity index is 460. The summed E-state index contributed by atoms with van der Waals surface area (Å²) in [7, 11) is 1.78. The smallest absolute Gasteiger partial charge is 0.122 e. The van der Waals surface area contributed by atoms with Crippen LogP contribution in [0.5, 0.6) is 5.75 Å². The molecule has 0 unspecified atom stereocenters. The van der Waals surface area contributed by atoms with Gasteiger partial charge in [0.05, 0.1) is 7.11 Å². The average molecular weight is 271 g/mol. The van der Waals surface area contributed by atoms with Crippen LogP contribution in [0.15, 0.2) is 24.3 Å². The molecule has 1 aromatic rings. The highest BCUT2D eigenvalue weighted by atomic mass is 16.5. The third kappa shape index (κ3) is 2.46. The minimum atomic E-state index is 0.697. The van der Waals surface area contributed by atoms with E-state index in [-0.39, 0.29) is 0 Å². The van der Waals surface area contributed by atoms with Gasteiger partial charge in [0.1, 0.15) is 5.75 Å². The number of rotatable bonds is 6. The van der Waals surface area contributed by atoms with Crippen molar-refractivity contribution < 1.29 is 4.74 Å². The minimum Gasteiger partial charge on any atom is -0.496 e. The molecule has 1 aromatic carbocycles.